The molecule has 0 spiro atoms. The van der Waals surface area contributed by atoms with Gasteiger partial charge in [0.1, 0.15) is 11.3 Å². The van der Waals surface area contributed by atoms with Crippen molar-refractivity contribution in [1.29, 1.82) is 0 Å². The Bertz CT molecular complexity index is 896. The van der Waals surface area contributed by atoms with E-state index in [1.165, 1.54) is 23.0 Å². The minimum Gasteiger partial charge on any atom is -0.434 e. The Hall–Kier alpha value is -3.16. The second-order valence-corrected chi connectivity index (χ2v) is 4.30. The van der Waals surface area contributed by atoms with Gasteiger partial charge in [-0.3, -0.25) is 4.57 Å². The van der Waals surface area contributed by atoms with Gasteiger partial charge in [0.05, 0.1) is 0 Å². The van der Waals surface area contributed by atoms with E-state index in [4.69, 9.17) is 9.15 Å². The van der Waals surface area contributed by atoms with Crippen LogP contribution in [0.5, 0.6) is 11.6 Å². The summed E-state index contributed by atoms with van der Waals surface area (Å²) in [7, 11) is 1.58. The van der Waals surface area contributed by atoms with Crippen LogP contribution in [0, 0.1) is 10.1 Å². The second kappa shape index (κ2) is 4.75. The molecule has 2 aromatic heterocycles. The number of benzene rings is 1. The van der Waals surface area contributed by atoms with Crippen molar-refractivity contribution in [3.05, 3.63) is 57.2 Å². The summed E-state index contributed by atoms with van der Waals surface area (Å²) in [5, 5.41) is 11.6. The van der Waals surface area contributed by atoms with E-state index in [1.807, 2.05) is 0 Å². The van der Waals surface area contributed by atoms with Crippen molar-refractivity contribution in [3.8, 4) is 11.6 Å². The second-order valence-electron chi connectivity index (χ2n) is 4.30. The maximum Gasteiger partial charge on any atom is 0.427 e. The zero-order valence-electron chi connectivity index (χ0n) is 10.8. The minimum atomic E-state index is -0.628. The van der Waals surface area contributed by atoms with E-state index in [-0.39, 0.29) is 11.7 Å². The van der Waals surface area contributed by atoms with Crippen LogP contribution < -0.4 is 10.4 Å². The SMILES string of the molecule is Cn1cnc([N+](=O)[O-])c1Oc1ccc2ccc(=O)oc2c1. The molecule has 1 aromatic carbocycles. The van der Waals surface area contributed by atoms with Crippen LogP contribution in [0.25, 0.3) is 11.0 Å². The molecule has 0 fully saturated rings. The zero-order chi connectivity index (χ0) is 15.0. The average molecular weight is 287 g/mol. The van der Waals surface area contributed by atoms with Crippen molar-refractivity contribution in [2.75, 3.05) is 0 Å². The summed E-state index contributed by atoms with van der Waals surface area (Å²) < 4.78 is 11.9. The van der Waals surface area contributed by atoms with Crippen molar-refractivity contribution in [1.82, 2.24) is 9.55 Å². The molecule has 0 aliphatic carbocycles. The van der Waals surface area contributed by atoms with Gasteiger partial charge in [0.15, 0.2) is 0 Å². The Morgan fingerprint density at radius 3 is 2.86 bits per heavy atom. The van der Waals surface area contributed by atoms with Crippen LogP contribution in [0.4, 0.5) is 5.82 Å². The van der Waals surface area contributed by atoms with Gasteiger partial charge in [-0.25, -0.2) is 4.79 Å². The summed E-state index contributed by atoms with van der Waals surface area (Å²) in [6.45, 7) is 0. The van der Waals surface area contributed by atoms with Gasteiger partial charge >= 0.3 is 17.3 Å². The van der Waals surface area contributed by atoms with Crippen LogP contribution in [-0.2, 0) is 7.05 Å². The maximum absolute atomic E-state index is 11.2. The number of hydrogen-bond acceptors (Lipinski definition) is 6. The first-order chi connectivity index (χ1) is 10.0. The summed E-state index contributed by atoms with van der Waals surface area (Å²) in [5.41, 5.74) is -0.143. The summed E-state index contributed by atoms with van der Waals surface area (Å²) in [5.74, 6) is -0.0757. The molecule has 3 rings (SSSR count). The van der Waals surface area contributed by atoms with Crippen LogP contribution in [0.2, 0.25) is 0 Å². The van der Waals surface area contributed by atoms with Gasteiger partial charge in [-0.15, -0.1) is 0 Å². The summed E-state index contributed by atoms with van der Waals surface area (Å²) in [6.07, 6.45) is 1.29. The Kier molecular flexibility index (Phi) is 2.90. The van der Waals surface area contributed by atoms with E-state index in [9.17, 15) is 14.9 Å². The molecular formula is C13H9N3O5. The molecule has 21 heavy (non-hydrogen) atoms. The van der Waals surface area contributed by atoms with Gasteiger partial charge in [-0.05, 0) is 28.1 Å². The van der Waals surface area contributed by atoms with Gasteiger partial charge in [-0.2, -0.15) is 0 Å². The molecule has 106 valence electrons. The fourth-order valence-electron chi connectivity index (χ4n) is 1.87. The highest BCUT2D eigenvalue weighted by Gasteiger charge is 2.22. The predicted octanol–water partition coefficient (Wildman–Crippen LogP) is 2.23. The fourth-order valence-corrected chi connectivity index (χ4v) is 1.87. The molecular weight excluding hydrogens is 278 g/mol. The number of imidazole rings is 1. The van der Waals surface area contributed by atoms with E-state index in [0.29, 0.717) is 11.3 Å². The lowest BCUT2D eigenvalue weighted by Crippen LogP contribution is -1.97. The van der Waals surface area contributed by atoms with Crippen LogP contribution in [0.15, 0.2) is 45.9 Å². The quantitative estimate of drug-likeness (QED) is 0.416. The molecule has 8 nitrogen and oxygen atoms in total. The topological polar surface area (TPSA) is 100 Å². The normalized spacial score (nSPS) is 10.7. The minimum absolute atomic E-state index is 0.00220. The number of fused-ring (bicyclic) bond motifs is 1. The molecule has 0 aliphatic heterocycles. The van der Waals surface area contributed by atoms with Crippen molar-refractivity contribution < 1.29 is 14.1 Å². The standard InChI is InChI=1S/C13H9N3O5/c1-15-7-14-12(16(18)19)13(15)20-9-4-2-8-3-5-11(17)21-10(8)6-9/h2-7H,1H3. The molecule has 3 aromatic rings. The summed E-state index contributed by atoms with van der Waals surface area (Å²) >= 11 is 0. The fraction of sp³-hybridized carbons (Fsp3) is 0.0769. The summed E-state index contributed by atoms with van der Waals surface area (Å²) in [6, 6.07) is 7.74. The number of rotatable bonds is 3. The van der Waals surface area contributed by atoms with Crippen LogP contribution >= 0.6 is 0 Å². The molecule has 8 heteroatoms. The highest BCUT2D eigenvalue weighted by atomic mass is 16.6. The molecule has 0 saturated carbocycles. The number of nitro groups is 1. The average Bonchev–Trinajstić information content (AvgIpc) is 2.80. The molecule has 0 radical (unpaired) electrons. The van der Waals surface area contributed by atoms with Crippen molar-refractivity contribution in [2.45, 2.75) is 0 Å². The Morgan fingerprint density at radius 2 is 2.10 bits per heavy atom. The molecule has 0 aliphatic rings. The number of hydrogen-bond donors (Lipinski definition) is 0. The predicted molar refractivity (Wildman–Crippen MR) is 72.4 cm³/mol. The lowest BCUT2D eigenvalue weighted by molar-refractivity contribution is -0.390. The van der Waals surface area contributed by atoms with Gasteiger partial charge in [0.2, 0.25) is 6.33 Å². The number of ether oxygens (including phenoxy) is 1. The van der Waals surface area contributed by atoms with Crippen LogP contribution in [0.3, 0.4) is 0 Å². The lowest BCUT2D eigenvalue weighted by Gasteiger charge is -2.05. The molecule has 0 atom stereocenters. The van der Waals surface area contributed by atoms with E-state index < -0.39 is 10.5 Å². The largest absolute Gasteiger partial charge is 0.434 e. The highest BCUT2D eigenvalue weighted by Crippen LogP contribution is 2.30. The number of nitrogens with zero attached hydrogens (tertiary/aromatic N) is 3. The Morgan fingerprint density at radius 1 is 1.33 bits per heavy atom. The third-order valence-electron chi connectivity index (χ3n) is 2.85. The van der Waals surface area contributed by atoms with Gasteiger partial charge in [0.25, 0.3) is 0 Å². The molecule has 0 saturated heterocycles. The first kappa shape index (κ1) is 12.9. The van der Waals surface area contributed by atoms with Crippen molar-refractivity contribution in [3.63, 3.8) is 0 Å². The van der Waals surface area contributed by atoms with Gasteiger partial charge in [-0.1, -0.05) is 0 Å². The Balaban J connectivity index is 2.04. The van der Waals surface area contributed by atoms with Crippen molar-refractivity contribution >= 4 is 16.8 Å². The first-order valence-electron chi connectivity index (χ1n) is 5.92. The molecule has 0 amide bonds. The highest BCUT2D eigenvalue weighted by molar-refractivity contribution is 5.77. The molecule has 0 bridgehead atoms. The Labute approximate surface area is 117 Å². The van der Waals surface area contributed by atoms with E-state index in [2.05, 4.69) is 4.98 Å². The van der Waals surface area contributed by atoms with E-state index in [0.717, 1.165) is 5.39 Å². The maximum atomic E-state index is 11.2. The molecule has 2 heterocycles. The number of aryl methyl sites for hydroxylation is 1. The third-order valence-corrected chi connectivity index (χ3v) is 2.85. The van der Waals surface area contributed by atoms with Gasteiger partial charge in [0, 0.05) is 24.6 Å². The van der Waals surface area contributed by atoms with Gasteiger partial charge < -0.3 is 19.3 Å². The summed E-state index contributed by atoms with van der Waals surface area (Å²) in [4.78, 5) is 25.1. The first-order valence-corrected chi connectivity index (χ1v) is 5.92. The van der Waals surface area contributed by atoms with Crippen LogP contribution in [-0.4, -0.2) is 14.5 Å². The monoisotopic (exact) mass is 287 g/mol. The lowest BCUT2D eigenvalue weighted by atomic mass is 10.2. The zero-order valence-corrected chi connectivity index (χ0v) is 10.8. The van der Waals surface area contributed by atoms with E-state index >= 15 is 0 Å². The number of aromatic nitrogens is 2. The van der Waals surface area contributed by atoms with Crippen LogP contribution in [0.1, 0.15) is 0 Å². The molecule has 0 N–H and O–H groups in total. The smallest absolute Gasteiger partial charge is 0.427 e. The van der Waals surface area contributed by atoms with Crippen molar-refractivity contribution in [2.24, 2.45) is 7.05 Å². The van der Waals surface area contributed by atoms with E-state index in [1.54, 1.807) is 25.2 Å². The third kappa shape index (κ3) is 2.34. The molecule has 0 unspecified atom stereocenters.